The molecule has 0 aliphatic carbocycles. The van der Waals surface area contributed by atoms with Gasteiger partial charge in [-0.25, -0.2) is 13.2 Å². The summed E-state index contributed by atoms with van der Waals surface area (Å²) in [6.07, 6.45) is 3.94. The molecular weight excluding hydrogens is 294 g/mol. The molecule has 0 aromatic heterocycles. The summed E-state index contributed by atoms with van der Waals surface area (Å²) in [4.78, 5) is 26.1. The molecule has 2 unspecified atom stereocenters. The molecule has 2 fully saturated rings. The Bertz CT molecular complexity index is 501. The monoisotopic (exact) mass is 317 g/mol. The molecule has 2 aliphatic heterocycles. The molecule has 2 atom stereocenters. The Kier molecular flexibility index (Phi) is 5.24. The third-order valence-corrected chi connectivity index (χ3v) is 6.36. The Balaban J connectivity index is 2.16. The van der Waals surface area contributed by atoms with Crippen molar-refractivity contribution >= 4 is 21.7 Å². The van der Waals surface area contributed by atoms with Crippen LogP contribution in [0, 0.1) is 0 Å². The van der Waals surface area contributed by atoms with Gasteiger partial charge in [-0.15, -0.1) is 0 Å². The van der Waals surface area contributed by atoms with Crippen LogP contribution in [0.4, 0.5) is 0 Å². The van der Waals surface area contributed by atoms with Gasteiger partial charge >= 0.3 is 5.97 Å². The average molecular weight is 317 g/mol. The number of hydrogen-bond donors (Lipinski definition) is 0. The van der Waals surface area contributed by atoms with E-state index in [2.05, 4.69) is 0 Å². The zero-order chi connectivity index (χ0) is 15.5. The highest BCUT2D eigenvalue weighted by Gasteiger charge is 2.42. The predicted octanol–water partition coefficient (Wildman–Crippen LogP) is 0.898. The Morgan fingerprint density at radius 2 is 1.86 bits per heavy atom. The SMILES string of the molecule is CCOC(=O)C1CCCCN1C(=O)C1CCCCS1(=O)=O. The van der Waals surface area contributed by atoms with Gasteiger partial charge < -0.3 is 9.64 Å². The summed E-state index contributed by atoms with van der Waals surface area (Å²) in [5, 5.41) is -0.971. The standard InChI is InChI=1S/C14H23NO5S/c1-2-20-14(17)11-7-3-5-9-15(11)13(16)12-8-4-6-10-21(12,18)19/h11-12H,2-10H2,1H3. The lowest BCUT2D eigenvalue weighted by atomic mass is 10.0. The highest BCUT2D eigenvalue weighted by atomic mass is 32.2. The number of hydrogen-bond acceptors (Lipinski definition) is 5. The second-order valence-corrected chi connectivity index (χ2v) is 7.95. The molecule has 6 nitrogen and oxygen atoms in total. The summed E-state index contributed by atoms with van der Waals surface area (Å²) < 4.78 is 29.2. The minimum absolute atomic E-state index is 0.0708. The first-order valence-electron chi connectivity index (χ1n) is 7.66. The molecular formula is C14H23NO5S. The highest BCUT2D eigenvalue weighted by molar-refractivity contribution is 7.92. The van der Waals surface area contributed by atoms with E-state index in [0.717, 1.165) is 19.3 Å². The van der Waals surface area contributed by atoms with E-state index in [0.29, 0.717) is 25.8 Å². The van der Waals surface area contributed by atoms with Crippen molar-refractivity contribution in [1.82, 2.24) is 4.90 Å². The van der Waals surface area contributed by atoms with Crippen molar-refractivity contribution in [2.24, 2.45) is 0 Å². The fraction of sp³-hybridized carbons (Fsp3) is 0.857. The zero-order valence-corrected chi connectivity index (χ0v) is 13.2. The average Bonchev–Trinajstić information content (AvgIpc) is 2.46. The number of nitrogens with zero attached hydrogens (tertiary/aromatic N) is 1. The van der Waals surface area contributed by atoms with Gasteiger partial charge in [0, 0.05) is 6.54 Å². The summed E-state index contributed by atoms with van der Waals surface area (Å²) in [5.41, 5.74) is 0. The predicted molar refractivity (Wildman–Crippen MR) is 77.4 cm³/mol. The summed E-state index contributed by atoms with van der Waals surface area (Å²) >= 11 is 0. The van der Waals surface area contributed by atoms with Crippen LogP contribution in [0.3, 0.4) is 0 Å². The Morgan fingerprint density at radius 1 is 1.14 bits per heavy atom. The van der Waals surface area contributed by atoms with E-state index in [9.17, 15) is 18.0 Å². The van der Waals surface area contributed by atoms with Crippen LogP contribution in [0.5, 0.6) is 0 Å². The van der Waals surface area contributed by atoms with Gasteiger partial charge in [-0.2, -0.15) is 0 Å². The smallest absolute Gasteiger partial charge is 0.328 e. The number of carbonyl (C=O) groups excluding carboxylic acids is 2. The molecule has 21 heavy (non-hydrogen) atoms. The molecule has 120 valence electrons. The largest absolute Gasteiger partial charge is 0.464 e. The number of ether oxygens (including phenoxy) is 1. The Hall–Kier alpha value is -1.11. The second-order valence-electron chi connectivity index (χ2n) is 5.65. The number of likely N-dealkylation sites (tertiary alicyclic amines) is 1. The van der Waals surface area contributed by atoms with Crippen LogP contribution in [-0.4, -0.2) is 55.4 Å². The number of carbonyl (C=O) groups is 2. The van der Waals surface area contributed by atoms with Crippen LogP contribution in [-0.2, 0) is 24.2 Å². The summed E-state index contributed by atoms with van der Waals surface area (Å²) in [6, 6.07) is -0.622. The number of sulfone groups is 1. The molecule has 1 amide bonds. The van der Waals surface area contributed by atoms with E-state index in [1.807, 2.05) is 0 Å². The van der Waals surface area contributed by atoms with E-state index in [4.69, 9.17) is 4.74 Å². The van der Waals surface area contributed by atoms with Crippen LogP contribution < -0.4 is 0 Å². The maximum atomic E-state index is 12.6. The van der Waals surface area contributed by atoms with E-state index in [1.165, 1.54) is 4.90 Å². The van der Waals surface area contributed by atoms with E-state index < -0.39 is 33.0 Å². The topological polar surface area (TPSA) is 80.8 Å². The molecule has 7 heteroatoms. The third kappa shape index (κ3) is 3.56. The minimum Gasteiger partial charge on any atom is -0.464 e. The van der Waals surface area contributed by atoms with Crippen molar-refractivity contribution in [3.63, 3.8) is 0 Å². The maximum absolute atomic E-state index is 12.6. The first-order valence-corrected chi connectivity index (χ1v) is 9.37. The molecule has 2 rings (SSSR count). The molecule has 0 aromatic rings. The van der Waals surface area contributed by atoms with Crippen molar-refractivity contribution in [3.05, 3.63) is 0 Å². The Morgan fingerprint density at radius 3 is 2.52 bits per heavy atom. The van der Waals surface area contributed by atoms with Crippen LogP contribution in [0.15, 0.2) is 0 Å². The lowest BCUT2D eigenvalue weighted by molar-refractivity contribution is -0.156. The molecule has 2 heterocycles. The van der Waals surface area contributed by atoms with E-state index >= 15 is 0 Å². The molecule has 2 aliphatic rings. The van der Waals surface area contributed by atoms with Crippen molar-refractivity contribution in [2.45, 2.75) is 56.7 Å². The van der Waals surface area contributed by atoms with Gasteiger partial charge in [-0.1, -0.05) is 6.42 Å². The van der Waals surface area contributed by atoms with Crippen LogP contribution in [0.2, 0.25) is 0 Å². The third-order valence-electron chi connectivity index (χ3n) is 4.20. The molecule has 0 N–H and O–H groups in total. The maximum Gasteiger partial charge on any atom is 0.328 e. The lowest BCUT2D eigenvalue weighted by Crippen LogP contribution is -2.54. The van der Waals surface area contributed by atoms with Gasteiger partial charge in [0.25, 0.3) is 0 Å². The molecule has 0 spiro atoms. The number of rotatable bonds is 3. The minimum atomic E-state index is -3.38. The van der Waals surface area contributed by atoms with Crippen LogP contribution in [0.25, 0.3) is 0 Å². The van der Waals surface area contributed by atoms with Gasteiger partial charge in [0.15, 0.2) is 9.84 Å². The summed E-state index contributed by atoms with van der Waals surface area (Å²) in [6.45, 7) is 2.42. The van der Waals surface area contributed by atoms with Crippen molar-refractivity contribution < 1.29 is 22.7 Å². The van der Waals surface area contributed by atoms with Crippen molar-refractivity contribution in [2.75, 3.05) is 18.9 Å². The van der Waals surface area contributed by atoms with Crippen molar-refractivity contribution in [3.8, 4) is 0 Å². The first kappa shape index (κ1) is 16.3. The van der Waals surface area contributed by atoms with Gasteiger partial charge in [-0.05, 0) is 39.0 Å². The second kappa shape index (κ2) is 6.77. The number of esters is 1. The van der Waals surface area contributed by atoms with Gasteiger partial charge in [-0.3, -0.25) is 4.79 Å². The summed E-state index contributed by atoms with van der Waals surface area (Å²) in [7, 11) is -3.38. The number of amides is 1. The Labute approximate surface area is 125 Å². The lowest BCUT2D eigenvalue weighted by Gasteiger charge is -2.36. The molecule has 2 saturated heterocycles. The molecule has 0 aromatic carbocycles. The molecule has 0 radical (unpaired) electrons. The van der Waals surface area contributed by atoms with Crippen molar-refractivity contribution in [1.29, 1.82) is 0 Å². The first-order chi connectivity index (χ1) is 9.97. The molecule has 0 saturated carbocycles. The van der Waals surface area contributed by atoms with E-state index in [-0.39, 0.29) is 12.4 Å². The fourth-order valence-electron chi connectivity index (χ4n) is 3.10. The van der Waals surface area contributed by atoms with Crippen LogP contribution in [0.1, 0.15) is 45.4 Å². The quantitative estimate of drug-likeness (QED) is 0.722. The van der Waals surface area contributed by atoms with Gasteiger partial charge in [0.05, 0.1) is 12.4 Å². The zero-order valence-electron chi connectivity index (χ0n) is 12.4. The highest BCUT2D eigenvalue weighted by Crippen LogP contribution is 2.26. The summed E-state index contributed by atoms with van der Waals surface area (Å²) in [5.74, 6) is -0.757. The van der Waals surface area contributed by atoms with Gasteiger partial charge in [0.2, 0.25) is 5.91 Å². The fourth-order valence-corrected chi connectivity index (χ4v) is 4.96. The number of piperidine rings is 1. The van der Waals surface area contributed by atoms with Crippen LogP contribution >= 0.6 is 0 Å². The van der Waals surface area contributed by atoms with E-state index in [1.54, 1.807) is 6.92 Å². The van der Waals surface area contributed by atoms with Gasteiger partial charge in [0.1, 0.15) is 11.3 Å². The normalized spacial score (nSPS) is 28.9. The molecule has 0 bridgehead atoms.